The number of unbranched alkanes of at least 4 members (excludes halogenated alkanes) is 32. The second-order valence-electron chi connectivity index (χ2n) is 21.3. The van der Waals surface area contributed by atoms with E-state index in [0.29, 0.717) is 23.9 Å². The van der Waals surface area contributed by atoms with E-state index < -0.39 is 24.3 Å². The van der Waals surface area contributed by atoms with E-state index in [9.17, 15) is 19.5 Å². The van der Waals surface area contributed by atoms with Crippen molar-refractivity contribution in [3.8, 4) is 0 Å². The summed E-state index contributed by atoms with van der Waals surface area (Å²) in [5.74, 6) is -2.01. The molecule has 0 fully saturated rings. The van der Waals surface area contributed by atoms with Crippen LogP contribution in [0.2, 0.25) is 0 Å². The minimum atomic E-state index is -1.51. The van der Waals surface area contributed by atoms with Crippen molar-refractivity contribution in [2.24, 2.45) is 0 Å². The number of ether oxygens (including phenoxy) is 4. The number of hydrogen-bond acceptors (Lipinski definition) is 7. The summed E-state index contributed by atoms with van der Waals surface area (Å²) < 4.78 is 22.9. The first kappa shape index (κ1) is 68.2. The summed E-state index contributed by atoms with van der Waals surface area (Å²) in [5, 5.41) is 9.71. The van der Waals surface area contributed by atoms with Crippen molar-refractivity contribution in [1.82, 2.24) is 0 Å². The van der Waals surface area contributed by atoms with Gasteiger partial charge < -0.3 is 28.5 Å². The molecule has 0 rings (SSSR count). The molecule has 0 aromatic carbocycles. The number of nitrogens with zero attached hydrogens (tertiary/aromatic N) is 1. The molecular weight excluding hydrogens is 887 g/mol. The summed E-state index contributed by atoms with van der Waals surface area (Å²) in [7, 11) is 5.97. The molecule has 0 saturated heterocycles. The van der Waals surface area contributed by atoms with Crippen molar-refractivity contribution in [2.75, 3.05) is 47.5 Å². The molecular formula is C62H114NO8+. The van der Waals surface area contributed by atoms with Crippen LogP contribution in [0.4, 0.5) is 0 Å². The van der Waals surface area contributed by atoms with E-state index >= 15 is 0 Å². The zero-order valence-corrected chi connectivity index (χ0v) is 47.1. The maximum Gasteiger partial charge on any atom is 0.361 e. The van der Waals surface area contributed by atoms with Gasteiger partial charge in [-0.05, 0) is 77.0 Å². The van der Waals surface area contributed by atoms with E-state index in [4.69, 9.17) is 18.9 Å². The van der Waals surface area contributed by atoms with Gasteiger partial charge in [-0.2, -0.15) is 0 Å². The van der Waals surface area contributed by atoms with E-state index in [1.54, 1.807) is 0 Å². The van der Waals surface area contributed by atoms with Gasteiger partial charge in [0, 0.05) is 12.8 Å². The molecule has 9 nitrogen and oxygen atoms in total. The highest BCUT2D eigenvalue weighted by atomic mass is 16.7. The predicted molar refractivity (Wildman–Crippen MR) is 300 cm³/mol. The Morgan fingerprint density at radius 3 is 1.14 bits per heavy atom. The van der Waals surface area contributed by atoms with Crippen LogP contribution in [0.5, 0.6) is 0 Å². The molecule has 0 heterocycles. The van der Waals surface area contributed by atoms with Gasteiger partial charge in [0.1, 0.15) is 13.2 Å². The maximum atomic E-state index is 12.9. The second-order valence-corrected chi connectivity index (χ2v) is 21.3. The van der Waals surface area contributed by atoms with Gasteiger partial charge in [-0.25, -0.2) is 4.79 Å². The zero-order chi connectivity index (χ0) is 52.0. The van der Waals surface area contributed by atoms with Crippen molar-refractivity contribution in [1.29, 1.82) is 0 Å². The fourth-order valence-electron chi connectivity index (χ4n) is 8.43. The summed E-state index contributed by atoms with van der Waals surface area (Å²) in [6.45, 7) is 4.88. The van der Waals surface area contributed by atoms with Crippen LogP contribution in [0.3, 0.4) is 0 Å². The Kier molecular flexibility index (Phi) is 51.5. The minimum absolute atomic E-state index is 0.185. The fraction of sp³-hybridized carbons (Fsp3) is 0.823. The van der Waals surface area contributed by atoms with Crippen LogP contribution in [-0.4, -0.2) is 87.4 Å². The van der Waals surface area contributed by atoms with Gasteiger partial charge in [0.2, 0.25) is 0 Å². The van der Waals surface area contributed by atoms with Crippen molar-refractivity contribution in [3.63, 3.8) is 0 Å². The highest BCUT2D eigenvalue weighted by Crippen LogP contribution is 2.16. The number of carbonyl (C=O) groups is 3. The Morgan fingerprint density at radius 2 is 0.761 bits per heavy atom. The van der Waals surface area contributed by atoms with Crippen LogP contribution >= 0.6 is 0 Å². The van der Waals surface area contributed by atoms with Gasteiger partial charge >= 0.3 is 17.9 Å². The highest BCUT2D eigenvalue weighted by molar-refractivity contribution is 5.71. The van der Waals surface area contributed by atoms with Crippen LogP contribution in [0.15, 0.2) is 48.6 Å². The zero-order valence-electron chi connectivity index (χ0n) is 47.1. The standard InChI is InChI=1S/C62H113NO8/c1-6-8-10-12-14-16-18-20-22-24-26-28-30-32-34-36-38-40-42-44-46-48-50-52-59(64)69-56-58(57-70-62(61(66)67)68-55-54-63(3,4)5)71-60(65)53-51-49-47-45-43-41-39-37-35-33-31-29-27-25-23-21-19-17-15-13-11-9-7-2/h19,21,24-27,31,33,58,62H,6-18,20,22-23,28-30,32,34-57H2,1-5H3/p+1/b21-19-,26-24-,27-25-,33-31-. The van der Waals surface area contributed by atoms with Gasteiger partial charge in [-0.15, -0.1) is 0 Å². The van der Waals surface area contributed by atoms with Gasteiger partial charge in [0.05, 0.1) is 34.4 Å². The van der Waals surface area contributed by atoms with Crippen molar-refractivity contribution in [2.45, 2.75) is 283 Å². The Bertz CT molecular complexity index is 1300. The number of quaternary nitrogens is 1. The number of carbonyl (C=O) groups excluding carboxylic acids is 2. The summed E-state index contributed by atoms with van der Waals surface area (Å²) in [4.78, 5) is 37.4. The lowest BCUT2D eigenvalue weighted by Gasteiger charge is -2.25. The summed E-state index contributed by atoms with van der Waals surface area (Å²) in [6, 6.07) is 0. The number of esters is 2. The molecule has 0 aromatic heterocycles. The molecule has 414 valence electrons. The number of hydrogen-bond donors (Lipinski definition) is 1. The van der Waals surface area contributed by atoms with Crippen molar-refractivity contribution in [3.05, 3.63) is 48.6 Å². The largest absolute Gasteiger partial charge is 0.477 e. The van der Waals surface area contributed by atoms with Gasteiger partial charge in [-0.3, -0.25) is 9.59 Å². The predicted octanol–water partition coefficient (Wildman–Crippen LogP) is 17.5. The van der Waals surface area contributed by atoms with E-state index in [1.165, 1.54) is 180 Å². The lowest BCUT2D eigenvalue weighted by molar-refractivity contribution is -0.870. The van der Waals surface area contributed by atoms with Gasteiger partial charge in [0.15, 0.2) is 6.10 Å². The van der Waals surface area contributed by atoms with E-state index in [2.05, 4.69) is 62.5 Å². The van der Waals surface area contributed by atoms with Crippen molar-refractivity contribution >= 4 is 17.9 Å². The smallest absolute Gasteiger partial charge is 0.361 e. The number of carboxylic acids is 1. The monoisotopic (exact) mass is 1000 g/mol. The normalized spacial score (nSPS) is 13.1. The average Bonchev–Trinajstić information content (AvgIpc) is 3.34. The molecule has 9 heteroatoms. The quantitative estimate of drug-likeness (QED) is 0.0211. The third-order valence-electron chi connectivity index (χ3n) is 13.1. The molecule has 0 bridgehead atoms. The lowest BCUT2D eigenvalue weighted by atomic mass is 10.0. The molecule has 2 unspecified atom stereocenters. The first-order chi connectivity index (χ1) is 34.6. The molecule has 0 saturated carbocycles. The molecule has 0 amide bonds. The molecule has 0 radical (unpaired) electrons. The Hall–Kier alpha value is -2.75. The van der Waals surface area contributed by atoms with Crippen LogP contribution in [-0.2, 0) is 33.3 Å². The SMILES string of the molecule is CCCCCCC/C=C\C/C=C\C/C=C\CCCCCCCCCCC(=O)OC(COC(=O)CCCCCCCCCCCCC/C=C\CCCCCCCCCC)COC(OCC[N+](C)(C)C)C(=O)O. The Morgan fingerprint density at radius 1 is 0.423 bits per heavy atom. The molecule has 0 aliphatic carbocycles. The minimum Gasteiger partial charge on any atom is -0.477 e. The average molecular weight is 1000 g/mol. The first-order valence-electron chi connectivity index (χ1n) is 29.8. The van der Waals surface area contributed by atoms with Crippen LogP contribution in [0.1, 0.15) is 271 Å². The third kappa shape index (κ3) is 54.9. The number of rotatable bonds is 55. The summed E-state index contributed by atoms with van der Waals surface area (Å²) >= 11 is 0. The summed E-state index contributed by atoms with van der Waals surface area (Å²) in [5.41, 5.74) is 0. The molecule has 71 heavy (non-hydrogen) atoms. The molecule has 0 spiro atoms. The summed E-state index contributed by atoms with van der Waals surface area (Å²) in [6.07, 6.45) is 63.3. The van der Waals surface area contributed by atoms with Crippen molar-refractivity contribution < 1.29 is 42.9 Å². The highest BCUT2D eigenvalue weighted by Gasteiger charge is 2.25. The molecule has 0 aromatic rings. The van der Waals surface area contributed by atoms with E-state index in [1.807, 2.05) is 21.1 Å². The van der Waals surface area contributed by atoms with E-state index in [-0.39, 0.29) is 32.2 Å². The molecule has 0 aliphatic heterocycles. The number of carboxylic acid groups (broad SMARTS) is 1. The second kappa shape index (κ2) is 53.5. The Balaban J connectivity index is 4.25. The lowest BCUT2D eigenvalue weighted by Crippen LogP contribution is -2.40. The molecule has 0 aliphatic rings. The van der Waals surface area contributed by atoms with Gasteiger partial charge in [-0.1, -0.05) is 229 Å². The Labute approximate surface area is 438 Å². The van der Waals surface area contributed by atoms with Crippen LogP contribution < -0.4 is 0 Å². The maximum absolute atomic E-state index is 12.9. The molecule has 1 N–H and O–H groups in total. The number of likely N-dealkylation sites (N-methyl/N-ethyl adjacent to an activating group) is 1. The number of aliphatic carboxylic acids is 1. The first-order valence-corrected chi connectivity index (χ1v) is 29.8. The molecule has 2 atom stereocenters. The van der Waals surface area contributed by atoms with Crippen LogP contribution in [0.25, 0.3) is 0 Å². The third-order valence-corrected chi connectivity index (χ3v) is 13.1. The van der Waals surface area contributed by atoms with Crippen LogP contribution in [0, 0.1) is 0 Å². The topological polar surface area (TPSA) is 108 Å². The fourth-order valence-corrected chi connectivity index (χ4v) is 8.43. The number of allylic oxidation sites excluding steroid dienone is 8. The van der Waals surface area contributed by atoms with Gasteiger partial charge in [0.25, 0.3) is 6.29 Å². The van der Waals surface area contributed by atoms with E-state index in [0.717, 1.165) is 57.8 Å².